The van der Waals surface area contributed by atoms with Crippen LogP contribution in [0.3, 0.4) is 0 Å². The molecular weight excluding hydrogens is 345 g/mol. The van der Waals surface area contributed by atoms with Crippen LogP contribution in [0.25, 0.3) is 5.82 Å². The molecule has 2 aromatic heterocycles. The normalized spacial score (nSPS) is 11.4. The van der Waals surface area contributed by atoms with E-state index in [-0.39, 0.29) is 11.7 Å². The predicted octanol–water partition coefficient (Wildman–Crippen LogP) is 3.87. The van der Waals surface area contributed by atoms with Crippen LogP contribution in [0.15, 0.2) is 54.9 Å². The number of rotatable bonds is 3. The first kappa shape index (κ1) is 17.7. The maximum absolute atomic E-state index is 12.7. The van der Waals surface area contributed by atoms with E-state index in [0.717, 1.165) is 18.0 Å². The van der Waals surface area contributed by atoms with Crippen molar-refractivity contribution in [3.05, 3.63) is 71.7 Å². The van der Waals surface area contributed by atoms with Gasteiger partial charge in [-0.1, -0.05) is 18.2 Å². The summed E-state index contributed by atoms with van der Waals surface area (Å²) >= 11 is 0. The first-order valence-electron chi connectivity index (χ1n) is 7.70. The number of aromatic nitrogens is 3. The Morgan fingerprint density at radius 2 is 1.77 bits per heavy atom. The molecule has 0 radical (unpaired) electrons. The lowest BCUT2D eigenvalue weighted by Crippen LogP contribution is -2.26. The smallest absolute Gasteiger partial charge is 0.311 e. The quantitative estimate of drug-likeness (QED) is 0.712. The molecule has 134 valence electrons. The number of pyridine rings is 1. The van der Waals surface area contributed by atoms with Crippen molar-refractivity contribution in [2.75, 3.05) is 11.9 Å². The topological polar surface area (TPSA) is 51.0 Å². The second-order valence-corrected chi connectivity index (χ2v) is 5.66. The molecule has 2 heterocycles. The van der Waals surface area contributed by atoms with Gasteiger partial charge in [0.2, 0.25) is 0 Å². The summed E-state index contributed by atoms with van der Waals surface area (Å²) in [6, 6.07) is 11.2. The number of anilines is 1. The molecule has 0 saturated heterocycles. The average molecular weight is 360 g/mol. The van der Waals surface area contributed by atoms with E-state index in [0.29, 0.717) is 11.3 Å². The van der Waals surface area contributed by atoms with Crippen molar-refractivity contribution in [1.29, 1.82) is 0 Å². The second kappa shape index (κ2) is 6.62. The summed E-state index contributed by atoms with van der Waals surface area (Å²) in [5.74, 6) is -0.0659. The van der Waals surface area contributed by atoms with Crippen molar-refractivity contribution in [3.8, 4) is 5.82 Å². The highest BCUT2D eigenvalue weighted by Crippen LogP contribution is 2.29. The van der Waals surface area contributed by atoms with Gasteiger partial charge in [-0.05, 0) is 31.2 Å². The van der Waals surface area contributed by atoms with E-state index < -0.39 is 11.7 Å². The predicted molar refractivity (Wildman–Crippen MR) is 90.3 cm³/mol. The number of halogens is 3. The summed E-state index contributed by atoms with van der Waals surface area (Å²) in [5, 5.41) is 4.10. The van der Waals surface area contributed by atoms with Crippen LogP contribution in [-0.2, 0) is 6.18 Å². The molecule has 0 N–H and O–H groups in total. The standard InChI is InChI=1S/C18H15F3N4O/c1-12-15(17(26)24(2)14-6-4-3-5-7-14)11-23-25(12)16-9-8-13(10-22-16)18(19,20)21/h3-11H,1-2H3. The molecular formula is C18H15F3N4O. The van der Waals surface area contributed by atoms with Crippen molar-refractivity contribution in [2.45, 2.75) is 13.1 Å². The lowest BCUT2D eigenvalue weighted by Gasteiger charge is -2.17. The Labute approximate surface area is 147 Å². The van der Waals surface area contributed by atoms with E-state index in [1.54, 1.807) is 26.1 Å². The minimum Gasteiger partial charge on any atom is -0.311 e. The van der Waals surface area contributed by atoms with Gasteiger partial charge in [-0.2, -0.15) is 18.3 Å². The minimum atomic E-state index is -4.45. The van der Waals surface area contributed by atoms with E-state index in [1.165, 1.54) is 21.8 Å². The second-order valence-electron chi connectivity index (χ2n) is 5.66. The Hall–Kier alpha value is -3.16. The number of benzene rings is 1. The molecule has 3 rings (SSSR count). The van der Waals surface area contributed by atoms with Gasteiger partial charge in [0, 0.05) is 18.9 Å². The van der Waals surface area contributed by atoms with Gasteiger partial charge in [-0.15, -0.1) is 0 Å². The highest BCUT2D eigenvalue weighted by atomic mass is 19.4. The van der Waals surface area contributed by atoms with Crippen molar-refractivity contribution in [3.63, 3.8) is 0 Å². The Bertz CT molecular complexity index is 918. The molecule has 1 amide bonds. The highest BCUT2D eigenvalue weighted by Gasteiger charge is 2.31. The number of alkyl halides is 3. The zero-order valence-corrected chi connectivity index (χ0v) is 14.0. The average Bonchev–Trinajstić information content (AvgIpc) is 3.02. The zero-order valence-electron chi connectivity index (χ0n) is 14.0. The molecule has 0 unspecified atom stereocenters. The van der Waals surface area contributed by atoms with Crippen LogP contribution < -0.4 is 4.90 Å². The molecule has 0 aliphatic heterocycles. The fourth-order valence-corrected chi connectivity index (χ4v) is 2.48. The van der Waals surface area contributed by atoms with Gasteiger partial charge in [-0.25, -0.2) is 9.67 Å². The van der Waals surface area contributed by atoms with E-state index >= 15 is 0 Å². The van der Waals surface area contributed by atoms with Crippen LogP contribution in [0.2, 0.25) is 0 Å². The molecule has 3 aromatic rings. The minimum absolute atomic E-state index is 0.205. The first-order chi connectivity index (χ1) is 12.3. The molecule has 0 atom stereocenters. The number of carbonyl (C=O) groups is 1. The van der Waals surface area contributed by atoms with E-state index in [1.807, 2.05) is 18.2 Å². The SMILES string of the molecule is Cc1c(C(=O)N(C)c2ccccc2)cnn1-c1ccc(C(F)(F)F)cn1. The molecule has 8 heteroatoms. The summed E-state index contributed by atoms with van der Waals surface area (Å²) in [5.41, 5.74) is 0.714. The first-order valence-corrected chi connectivity index (χ1v) is 7.70. The maximum atomic E-state index is 12.7. The van der Waals surface area contributed by atoms with Crippen LogP contribution in [-0.4, -0.2) is 27.7 Å². The Morgan fingerprint density at radius 3 is 2.35 bits per heavy atom. The summed E-state index contributed by atoms with van der Waals surface area (Å²) in [4.78, 5) is 18.0. The summed E-state index contributed by atoms with van der Waals surface area (Å²) in [7, 11) is 1.64. The Balaban J connectivity index is 1.89. The van der Waals surface area contributed by atoms with Crippen molar-refractivity contribution in [1.82, 2.24) is 14.8 Å². The van der Waals surface area contributed by atoms with Gasteiger partial charge in [0.25, 0.3) is 5.91 Å². The number of amides is 1. The molecule has 1 aromatic carbocycles. The third-order valence-electron chi connectivity index (χ3n) is 3.98. The van der Waals surface area contributed by atoms with Crippen LogP contribution >= 0.6 is 0 Å². The molecule has 0 saturated carbocycles. The molecule has 0 bridgehead atoms. The molecule has 0 aliphatic rings. The summed E-state index contributed by atoms with van der Waals surface area (Å²) < 4.78 is 39.3. The number of hydrogen-bond acceptors (Lipinski definition) is 3. The van der Waals surface area contributed by atoms with E-state index in [2.05, 4.69) is 10.1 Å². The number of nitrogens with zero attached hydrogens (tertiary/aromatic N) is 4. The van der Waals surface area contributed by atoms with E-state index in [4.69, 9.17) is 0 Å². The largest absolute Gasteiger partial charge is 0.417 e. The molecule has 26 heavy (non-hydrogen) atoms. The molecule has 5 nitrogen and oxygen atoms in total. The third kappa shape index (κ3) is 3.30. The lowest BCUT2D eigenvalue weighted by molar-refractivity contribution is -0.137. The maximum Gasteiger partial charge on any atom is 0.417 e. The van der Waals surface area contributed by atoms with Gasteiger partial charge in [-0.3, -0.25) is 4.79 Å². The van der Waals surface area contributed by atoms with E-state index in [9.17, 15) is 18.0 Å². The highest BCUT2D eigenvalue weighted by molar-refractivity contribution is 6.06. The summed E-state index contributed by atoms with van der Waals surface area (Å²) in [6.07, 6.45) is -2.32. The third-order valence-corrected chi connectivity index (χ3v) is 3.98. The number of carbonyl (C=O) groups excluding carboxylic acids is 1. The molecule has 0 fully saturated rings. The van der Waals surface area contributed by atoms with Gasteiger partial charge in [0.1, 0.15) is 0 Å². The van der Waals surface area contributed by atoms with Crippen LogP contribution in [0.5, 0.6) is 0 Å². The zero-order chi connectivity index (χ0) is 18.9. The summed E-state index contributed by atoms with van der Waals surface area (Å²) in [6.45, 7) is 1.67. The number of para-hydroxylation sites is 1. The molecule has 0 spiro atoms. The van der Waals surface area contributed by atoms with Crippen LogP contribution in [0.4, 0.5) is 18.9 Å². The Kier molecular flexibility index (Phi) is 4.50. The monoisotopic (exact) mass is 360 g/mol. The fourth-order valence-electron chi connectivity index (χ4n) is 2.48. The molecule has 0 aliphatic carbocycles. The van der Waals surface area contributed by atoms with Gasteiger partial charge >= 0.3 is 6.18 Å². The van der Waals surface area contributed by atoms with Crippen molar-refractivity contribution >= 4 is 11.6 Å². The Morgan fingerprint density at radius 1 is 1.08 bits per heavy atom. The van der Waals surface area contributed by atoms with Gasteiger partial charge in [0.05, 0.1) is 23.0 Å². The van der Waals surface area contributed by atoms with Gasteiger partial charge < -0.3 is 4.90 Å². The number of hydrogen-bond donors (Lipinski definition) is 0. The van der Waals surface area contributed by atoms with Gasteiger partial charge in [0.15, 0.2) is 5.82 Å². The van der Waals surface area contributed by atoms with Crippen molar-refractivity contribution in [2.24, 2.45) is 0 Å². The van der Waals surface area contributed by atoms with Crippen LogP contribution in [0, 0.1) is 6.92 Å². The lowest BCUT2D eigenvalue weighted by atomic mass is 10.2. The fraction of sp³-hybridized carbons (Fsp3) is 0.167. The van der Waals surface area contributed by atoms with Crippen molar-refractivity contribution < 1.29 is 18.0 Å². The van der Waals surface area contributed by atoms with Crippen LogP contribution in [0.1, 0.15) is 21.6 Å².